The Labute approximate surface area is 113 Å². The van der Waals surface area contributed by atoms with Gasteiger partial charge < -0.3 is 14.6 Å². The molecular weight excluding hydrogens is 246 g/mol. The minimum atomic E-state index is -0.829. The first kappa shape index (κ1) is 15.6. The smallest absolute Gasteiger partial charge is 0.317 e. The van der Waals surface area contributed by atoms with Crippen LogP contribution in [0.15, 0.2) is 24.3 Å². The molecule has 0 saturated carbocycles. The first-order valence-corrected chi connectivity index (χ1v) is 6.15. The molecule has 0 saturated heterocycles. The van der Waals surface area contributed by atoms with Gasteiger partial charge in [0.25, 0.3) is 0 Å². The number of carbonyl (C=O) groups is 1. The van der Waals surface area contributed by atoms with Crippen LogP contribution in [-0.2, 0) is 27.4 Å². The zero-order valence-corrected chi connectivity index (χ0v) is 11.5. The van der Waals surface area contributed by atoms with Crippen LogP contribution in [0, 0.1) is 0 Å². The van der Waals surface area contributed by atoms with E-state index in [4.69, 9.17) is 14.6 Å². The quantitative estimate of drug-likeness (QED) is 0.732. The van der Waals surface area contributed by atoms with E-state index in [0.29, 0.717) is 26.3 Å². The molecule has 0 bridgehead atoms. The number of carboxylic acid groups (broad SMARTS) is 1. The summed E-state index contributed by atoms with van der Waals surface area (Å²) in [7, 11) is 3.26. The molecule has 0 heterocycles. The predicted molar refractivity (Wildman–Crippen MR) is 71.9 cm³/mol. The Balaban J connectivity index is 2.65. The van der Waals surface area contributed by atoms with Crippen LogP contribution in [0.3, 0.4) is 0 Å². The third-order valence-corrected chi connectivity index (χ3v) is 2.68. The molecule has 5 heteroatoms. The van der Waals surface area contributed by atoms with Gasteiger partial charge in [0.15, 0.2) is 0 Å². The molecule has 0 radical (unpaired) electrons. The van der Waals surface area contributed by atoms with E-state index in [0.717, 1.165) is 11.1 Å². The fraction of sp³-hybridized carbons (Fsp3) is 0.500. The summed E-state index contributed by atoms with van der Waals surface area (Å²) in [6, 6.07) is 7.97. The highest BCUT2D eigenvalue weighted by Gasteiger charge is 2.10. The number of carboxylic acids is 1. The maximum atomic E-state index is 10.8. The minimum absolute atomic E-state index is 0.0118. The molecule has 1 aromatic rings. The van der Waals surface area contributed by atoms with Crippen molar-refractivity contribution in [1.29, 1.82) is 0 Å². The molecule has 0 amide bonds. The van der Waals surface area contributed by atoms with Gasteiger partial charge in [-0.05, 0) is 11.1 Å². The van der Waals surface area contributed by atoms with Gasteiger partial charge >= 0.3 is 5.97 Å². The molecule has 1 rings (SSSR count). The van der Waals surface area contributed by atoms with Crippen LogP contribution in [0.5, 0.6) is 0 Å². The molecule has 0 aliphatic carbocycles. The van der Waals surface area contributed by atoms with Crippen molar-refractivity contribution in [1.82, 2.24) is 4.90 Å². The van der Waals surface area contributed by atoms with Crippen molar-refractivity contribution >= 4 is 5.97 Å². The summed E-state index contributed by atoms with van der Waals surface area (Å²) in [6.45, 7) is 2.28. The number of methoxy groups -OCH3 is 2. The first-order valence-electron chi connectivity index (χ1n) is 6.15. The van der Waals surface area contributed by atoms with Crippen LogP contribution in [0.2, 0.25) is 0 Å². The lowest BCUT2D eigenvalue weighted by Crippen LogP contribution is -2.32. The molecule has 1 aromatic carbocycles. The lowest BCUT2D eigenvalue weighted by atomic mass is 10.1. The van der Waals surface area contributed by atoms with E-state index in [1.165, 1.54) is 0 Å². The van der Waals surface area contributed by atoms with Gasteiger partial charge in [-0.25, -0.2) is 0 Å². The number of hydrogen-bond acceptors (Lipinski definition) is 4. The highest BCUT2D eigenvalue weighted by Crippen LogP contribution is 2.09. The Kier molecular flexibility index (Phi) is 7.10. The maximum Gasteiger partial charge on any atom is 0.317 e. The lowest BCUT2D eigenvalue weighted by Gasteiger charge is -2.20. The average Bonchev–Trinajstić information content (AvgIpc) is 2.36. The van der Waals surface area contributed by atoms with Gasteiger partial charge in [-0.1, -0.05) is 24.3 Å². The fourth-order valence-corrected chi connectivity index (χ4v) is 1.87. The Bertz CT molecular complexity index is 395. The van der Waals surface area contributed by atoms with E-state index in [2.05, 4.69) is 0 Å². The molecule has 0 fully saturated rings. The summed E-state index contributed by atoms with van der Waals surface area (Å²) in [4.78, 5) is 12.7. The maximum absolute atomic E-state index is 10.8. The second-order valence-corrected chi connectivity index (χ2v) is 4.35. The Morgan fingerprint density at radius 2 is 2.00 bits per heavy atom. The van der Waals surface area contributed by atoms with Crippen molar-refractivity contribution in [3.63, 3.8) is 0 Å². The van der Waals surface area contributed by atoms with Crippen molar-refractivity contribution in [3.05, 3.63) is 35.4 Å². The molecule has 1 N–H and O–H groups in total. The van der Waals surface area contributed by atoms with Gasteiger partial charge in [0.05, 0.1) is 19.8 Å². The van der Waals surface area contributed by atoms with E-state index in [9.17, 15) is 4.79 Å². The monoisotopic (exact) mass is 267 g/mol. The zero-order chi connectivity index (χ0) is 14.1. The second kappa shape index (κ2) is 8.63. The number of hydrogen-bond donors (Lipinski definition) is 1. The van der Waals surface area contributed by atoms with Crippen LogP contribution < -0.4 is 0 Å². The zero-order valence-electron chi connectivity index (χ0n) is 11.5. The van der Waals surface area contributed by atoms with Crippen molar-refractivity contribution in [2.24, 2.45) is 0 Å². The molecule has 0 spiro atoms. The third kappa shape index (κ3) is 6.33. The Hall–Kier alpha value is -1.43. The van der Waals surface area contributed by atoms with Crippen LogP contribution in [0.1, 0.15) is 11.1 Å². The predicted octanol–water partition coefficient (Wildman–Crippen LogP) is 1.37. The van der Waals surface area contributed by atoms with Gasteiger partial charge in [0.2, 0.25) is 0 Å². The minimum Gasteiger partial charge on any atom is -0.480 e. The molecule has 0 unspecified atom stereocenters. The number of nitrogens with zero attached hydrogens (tertiary/aromatic N) is 1. The van der Waals surface area contributed by atoms with Crippen molar-refractivity contribution < 1.29 is 19.4 Å². The summed E-state index contributed by atoms with van der Waals surface area (Å²) in [5.41, 5.74) is 2.16. The molecule has 106 valence electrons. The normalized spacial score (nSPS) is 10.9. The number of rotatable bonds is 9. The third-order valence-electron chi connectivity index (χ3n) is 2.68. The highest BCUT2D eigenvalue weighted by molar-refractivity contribution is 5.69. The SMILES string of the molecule is COCCN(CC(=O)O)Cc1cccc(COC)c1. The summed E-state index contributed by atoms with van der Waals surface area (Å²) in [5.74, 6) is -0.829. The Morgan fingerprint density at radius 3 is 2.63 bits per heavy atom. The van der Waals surface area contributed by atoms with Crippen LogP contribution in [-0.4, -0.2) is 49.9 Å². The van der Waals surface area contributed by atoms with Gasteiger partial charge in [-0.3, -0.25) is 9.69 Å². The molecule has 0 atom stereocenters. The second-order valence-electron chi connectivity index (χ2n) is 4.35. The van der Waals surface area contributed by atoms with E-state index in [1.807, 2.05) is 29.2 Å². The van der Waals surface area contributed by atoms with Crippen LogP contribution in [0.25, 0.3) is 0 Å². The summed E-state index contributed by atoms with van der Waals surface area (Å²) in [6.07, 6.45) is 0. The van der Waals surface area contributed by atoms with Crippen molar-refractivity contribution in [2.45, 2.75) is 13.2 Å². The van der Waals surface area contributed by atoms with Crippen molar-refractivity contribution in [2.75, 3.05) is 33.9 Å². The summed E-state index contributed by atoms with van der Waals surface area (Å²) >= 11 is 0. The summed E-state index contributed by atoms with van der Waals surface area (Å²) in [5, 5.41) is 8.90. The van der Waals surface area contributed by atoms with Gasteiger partial charge in [0, 0.05) is 27.3 Å². The van der Waals surface area contributed by atoms with Crippen LogP contribution >= 0.6 is 0 Å². The number of aliphatic carboxylic acids is 1. The van der Waals surface area contributed by atoms with Crippen LogP contribution in [0.4, 0.5) is 0 Å². The number of ether oxygens (including phenoxy) is 2. The number of benzene rings is 1. The largest absolute Gasteiger partial charge is 0.480 e. The standard InChI is InChI=1S/C14H21NO4/c1-18-7-6-15(10-14(16)17)9-12-4-3-5-13(8-12)11-19-2/h3-5,8H,6-7,9-11H2,1-2H3,(H,16,17). The van der Waals surface area contributed by atoms with E-state index in [1.54, 1.807) is 14.2 Å². The van der Waals surface area contributed by atoms with Gasteiger partial charge in [-0.2, -0.15) is 0 Å². The van der Waals surface area contributed by atoms with E-state index in [-0.39, 0.29) is 6.54 Å². The van der Waals surface area contributed by atoms with Crippen molar-refractivity contribution in [3.8, 4) is 0 Å². The van der Waals surface area contributed by atoms with E-state index < -0.39 is 5.97 Å². The molecule has 0 aliphatic rings. The fourth-order valence-electron chi connectivity index (χ4n) is 1.87. The van der Waals surface area contributed by atoms with Gasteiger partial charge in [0.1, 0.15) is 0 Å². The molecule has 0 aliphatic heterocycles. The Morgan fingerprint density at radius 1 is 1.26 bits per heavy atom. The van der Waals surface area contributed by atoms with Gasteiger partial charge in [-0.15, -0.1) is 0 Å². The lowest BCUT2D eigenvalue weighted by molar-refractivity contribution is -0.138. The highest BCUT2D eigenvalue weighted by atomic mass is 16.5. The molecular formula is C14H21NO4. The molecule has 19 heavy (non-hydrogen) atoms. The molecule has 5 nitrogen and oxygen atoms in total. The average molecular weight is 267 g/mol. The van der Waals surface area contributed by atoms with E-state index >= 15 is 0 Å². The summed E-state index contributed by atoms with van der Waals surface area (Å²) < 4.78 is 10.1. The topological polar surface area (TPSA) is 59.0 Å². The first-order chi connectivity index (χ1) is 9.15. The molecule has 0 aromatic heterocycles.